The Morgan fingerprint density at radius 1 is 1.33 bits per heavy atom. The number of nitrogen functional groups attached to an aromatic ring is 1. The molecule has 6 heteroatoms. The van der Waals surface area contributed by atoms with Gasteiger partial charge in [-0.1, -0.05) is 23.7 Å². The number of nitrogens with two attached hydrogens (primary N) is 1. The third kappa shape index (κ3) is 2.31. The first kappa shape index (κ1) is 12.4. The molecule has 3 N–H and O–H groups in total. The minimum atomic E-state index is 0.277. The molecule has 94 valence electrons. The van der Waals surface area contributed by atoms with Crippen LogP contribution in [-0.2, 0) is 0 Å². The van der Waals surface area contributed by atoms with Crippen LogP contribution in [0.2, 0.25) is 5.02 Å². The molecule has 0 amide bonds. The highest BCUT2D eigenvalue weighted by molar-refractivity contribution is 6.34. The molecule has 18 heavy (non-hydrogen) atoms. The number of aromatic nitrogens is 2. The van der Waals surface area contributed by atoms with Crippen molar-refractivity contribution in [2.24, 2.45) is 0 Å². The molecular formula is C12H13ClN4O. The fraction of sp³-hybridized carbons (Fsp3) is 0.167. The zero-order chi connectivity index (χ0) is 13.1. The number of halogens is 1. The molecule has 0 aliphatic carbocycles. The van der Waals surface area contributed by atoms with Crippen molar-refractivity contribution in [3.8, 4) is 5.75 Å². The number of nitrogens with one attached hydrogen (secondary N) is 1. The maximum absolute atomic E-state index is 6.20. The van der Waals surface area contributed by atoms with Crippen LogP contribution in [0, 0.1) is 6.92 Å². The summed E-state index contributed by atoms with van der Waals surface area (Å²) in [7, 11) is 1.51. The Kier molecular flexibility index (Phi) is 3.53. The van der Waals surface area contributed by atoms with E-state index in [1.165, 1.54) is 13.4 Å². The van der Waals surface area contributed by atoms with Crippen molar-refractivity contribution in [3.05, 3.63) is 35.1 Å². The summed E-state index contributed by atoms with van der Waals surface area (Å²) in [6.45, 7) is 1.93. The Bertz CT molecular complexity index is 574. The average Bonchev–Trinajstić information content (AvgIpc) is 2.35. The fourth-order valence-corrected chi connectivity index (χ4v) is 1.72. The molecule has 0 aliphatic heterocycles. The summed E-state index contributed by atoms with van der Waals surface area (Å²) in [5.41, 5.74) is 7.42. The minimum absolute atomic E-state index is 0.277. The van der Waals surface area contributed by atoms with E-state index in [1.54, 1.807) is 0 Å². The third-order valence-corrected chi connectivity index (χ3v) is 2.98. The lowest BCUT2D eigenvalue weighted by molar-refractivity contribution is 0.415. The zero-order valence-corrected chi connectivity index (χ0v) is 10.8. The molecule has 0 radical (unpaired) electrons. The van der Waals surface area contributed by atoms with Gasteiger partial charge in [-0.3, -0.25) is 0 Å². The Morgan fingerprint density at radius 3 is 2.83 bits per heavy atom. The molecule has 0 saturated carbocycles. The fourth-order valence-electron chi connectivity index (χ4n) is 1.55. The van der Waals surface area contributed by atoms with E-state index >= 15 is 0 Å². The quantitative estimate of drug-likeness (QED) is 0.892. The van der Waals surface area contributed by atoms with Gasteiger partial charge >= 0.3 is 0 Å². The lowest BCUT2D eigenvalue weighted by Crippen LogP contribution is -2.03. The van der Waals surface area contributed by atoms with Crippen molar-refractivity contribution in [2.75, 3.05) is 18.2 Å². The molecule has 1 heterocycles. The van der Waals surface area contributed by atoms with Crippen LogP contribution in [0.15, 0.2) is 24.5 Å². The lowest BCUT2D eigenvalue weighted by Gasteiger charge is -2.12. The Hall–Kier alpha value is -2.01. The second-order valence-electron chi connectivity index (χ2n) is 3.70. The molecule has 0 fully saturated rings. The van der Waals surface area contributed by atoms with Gasteiger partial charge in [0, 0.05) is 0 Å². The van der Waals surface area contributed by atoms with Crippen molar-refractivity contribution < 1.29 is 4.74 Å². The Balaban J connectivity index is 2.40. The molecule has 0 aliphatic rings. The molecule has 0 unspecified atom stereocenters. The number of nitrogens with zero attached hydrogens (tertiary/aromatic N) is 2. The highest BCUT2D eigenvalue weighted by atomic mass is 35.5. The van der Waals surface area contributed by atoms with Crippen molar-refractivity contribution >= 4 is 28.9 Å². The summed E-state index contributed by atoms with van der Waals surface area (Å²) >= 11 is 6.20. The van der Waals surface area contributed by atoms with Crippen LogP contribution in [0.3, 0.4) is 0 Å². The summed E-state index contributed by atoms with van der Waals surface area (Å²) in [5.74, 6) is 1.16. The summed E-state index contributed by atoms with van der Waals surface area (Å²) in [5, 5.41) is 3.72. The van der Waals surface area contributed by atoms with E-state index in [4.69, 9.17) is 22.1 Å². The number of anilines is 3. The van der Waals surface area contributed by atoms with Gasteiger partial charge in [0.25, 0.3) is 0 Å². The second kappa shape index (κ2) is 5.10. The summed E-state index contributed by atoms with van der Waals surface area (Å²) in [4.78, 5) is 7.95. The molecule has 2 aromatic rings. The van der Waals surface area contributed by atoms with Crippen LogP contribution in [0.25, 0.3) is 0 Å². The SMILES string of the molecule is COc1c(N)ncnc1Nc1cccc(C)c1Cl. The van der Waals surface area contributed by atoms with E-state index in [2.05, 4.69) is 15.3 Å². The number of benzene rings is 1. The van der Waals surface area contributed by atoms with Crippen molar-refractivity contribution in [2.45, 2.75) is 6.92 Å². The maximum Gasteiger partial charge on any atom is 0.204 e. The van der Waals surface area contributed by atoms with Crippen molar-refractivity contribution in [3.63, 3.8) is 0 Å². The average molecular weight is 265 g/mol. The zero-order valence-electron chi connectivity index (χ0n) is 10.1. The summed E-state index contributed by atoms with van der Waals surface area (Å²) in [6.07, 6.45) is 1.36. The third-order valence-electron chi connectivity index (χ3n) is 2.48. The minimum Gasteiger partial charge on any atom is -0.490 e. The monoisotopic (exact) mass is 264 g/mol. The van der Waals surface area contributed by atoms with E-state index in [0.717, 1.165) is 11.3 Å². The first-order valence-electron chi connectivity index (χ1n) is 5.30. The van der Waals surface area contributed by atoms with E-state index < -0.39 is 0 Å². The number of hydrogen-bond acceptors (Lipinski definition) is 5. The smallest absolute Gasteiger partial charge is 0.204 e. The highest BCUT2D eigenvalue weighted by Crippen LogP contribution is 2.33. The molecule has 5 nitrogen and oxygen atoms in total. The molecule has 0 bridgehead atoms. The van der Waals surface area contributed by atoms with Gasteiger partial charge in [-0.15, -0.1) is 0 Å². The van der Waals surface area contributed by atoms with Gasteiger partial charge in [0.1, 0.15) is 6.33 Å². The van der Waals surface area contributed by atoms with Gasteiger partial charge in [-0.05, 0) is 18.6 Å². The molecule has 0 spiro atoms. The molecule has 1 aromatic heterocycles. The van der Waals surface area contributed by atoms with Gasteiger partial charge < -0.3 is 15.8 Å². The normalized spacial score (nSPS) is 10.2. The molecule has 0 saturated heterocycles. The Labute approximate surface area is 110 Å². The summed E-state index contributed by atoms with van der Waals surface area (Å²) in [6, 6.07) is 5.69. The van der Waals surface area contributed by atoms with E-state index in [0.29, 0.717) is 16.6 Å². The van der Waals surface area contributed by atoms with Crippen LogP contribution in [-0.4, -0.2) is 17.1 Å². The van der Waals surface area contributed by atoms with Gasteiger partial charge in [0.15, 0.2) is 11.6 Å². The predicted octanol–water partition coefficient (Wildman–Crippen LogP) is 2.77. The van der Waals surface area contributed by atoms with Crippen molar-refractivity contribution in [1.82, 2.24) is 9.97 Å². The molecular weight excluding hydrogens is 252 g/mol. The van der Waals surface area contributed by atoms with E-state index in [9.17, 15) is 0 Å². The first-order chi connectivity index (χ1) is 8.63. The van der Waals surface area contributed by atoms with E-state index in [-0.39, 0.29) is 5.82 Å². The van der Waals surface area contributed by atoms with Gasteiger partial charge in [0.05, 0.1) is 17.8 Å². The van der Waals surface area contributed by atoms with Crippen LogP contribution in [0.5, 0.6) is 5.75 Å². The first-order valence-corrected chi connectivity index (χ1v) is 5.68. The molecule has 0 atom stereocenters. The van der Waals surface area contributed by atoms with Gasteiger partial charge in [0.2, 0.25) is 5.75 Å². The number of methoxy groups -OCH3 is 1. The molecule has 1 aromatic carbocycles. The van der Waals surface area contributed by atoms with Gasteiger partial charge in [-0.2, -0.15) is 0 Å². The van der Waals surface area contributed by atoms with E-state index in [1.807, 2.05) is 25.1 Å². The standard InChI is InChI=1S/C12H13ClN4O/c1-7-4-3-5-8(9(7)13)17-12-10(18-2)11(14)15-6-16-12/h3-6H,1-2H3,(H3,14,15,16,17). The van der Waals surface area contributed by atoms with Crippen molar-refractivity contribution in [1.29, 1.82) is 0 Å². The summed E-state index contributed by atoms with van der Waals surface area (Å²) < 4.78 is 5.16. The number of aryl methyl sites for hydroxylation is 1. The van der Waals surface area contributed by atoms with Gasteiger partial charge in [-0.25, -0.2) is 9.97 Å². The number of ether oxygens (including phenoxy) is 1. The highest BCUT2D eigenvalue weighted by Gasteiger charge is 2.11. The topological polar surface area (TPSA) is 73.1 Å². The number of rotatable bonds is 3. The van der Waals surface area contributed by atoms with Crippen LogP contribution >= 0.6 is 11.6 Å². The lowest BCUT2D eigenvalue weighted by atomic mass is 10.2. The largest absolute Gasteiger partial charge is 0.490 e. The van der Waals surface area contributed by atoms with Crippen LogP contribution < -0.4 is 15.8 Å². The Morgan fingerprint density at radius 2 is 2.11 bits per heavy atom. The maximum atomic E-state index is 6.20. The number of hydrogen-bond donors (Lipinski definition) is 2. The van der Waals surface area contributed by atoms with Crippen LogP contribution in [0.1, 0.15) is 5.56 Å². The van der Waals surface area contributed by atoms with Crippen LogP contribution in [0.4, 0.5) is 17.3 Å². The second-order valence-corrected chi connectivity index (χ2v) is 4.08. The predicted molar refractivity (Wildman–Crippen MR) is 72.5 cm³/mol. The molecule has 2 rings (SSSR count).